The zero-order valence-corrected chi connectivity index (χ0v) is 13.8. The van der Waals surface area contributed by atoms with Crippen molar-refractivity contribution in [1.82, 2.24) is 0 Å². The number of carbonyl (C=O) groups excluding carboxylic acids is 2. The quantitative estimate of drug-likeness (QED) is 0.657. The summed E-state index contributed by atoms with van der Waals surface area (Å²) in [5.41, 5.74) is 8.43. The van der Waals surface area contributed by atoms with E-state index in [-0.39, 0.29) is 10.9 Å². The highest BCUT2D eigenvalue weighted by Gasteiger charge is 2.15. The van der Waals surface area contributed by atoms with Crippen LogP contribution in [0.15, 0.2) is 23.1 Å². The number of benzene rings is 1. The Labute approximate surface area is 126 Å². The number of hydrogen-bond donors (Lipinski definition) is 1. The van der Waals surface area contributed by atoms with Crippen molar-refractivity contribution in [2.24, 2.45) is 0 Å². The van der Waals surface area contributed by atoms with Crippen LogP contribution in [-0.4, -0.2) is 10.9 Å². The third kappa shape index (κ3) is 7.37. The molecule has 4 heteroatoms. The Bertz CT molecular complexity index is 446. The van der Waals surface area contributed by atoms with E-state index in [4.69, 9.17) is 15.3 Å². The van der Waals surface area contributed by atoms with E-state index in [0.717, 1.165) is 5.69 Å². The maximum atomic E-state index is 8.12. The van der Waals surface area contributed by atoms with Gasteiger partial charge in [-0.1, -0.05) is 47.1 Å². The van der Waals surface area contributed by atoms with Crippen molar-refractivity contribution in [3.63, 3.8) is 0 Å². The van der Waals surface area contributed by atoms with Crippen molar-refractivity contribution in [3.8, 4) is 0 Å². The van der Waals surface area contributed by atoms with Gasteiger partial charge in [0.1, 0.15) is 0 Å². The third-order valence-electron chi connectivity index (χ3n) is 2.74. The van der Waals surface area contributed by atoms with Crippen molar-refractivity contribution in [2.75, 3.05) is 5.73 Å². The van der Waals surface area contributed by atoms with Gasteiger partial charge < -0.3 is 5.73 Å². The maximum Gasteiger partial charge on any atom is 0.373 e. The number of rotatable bonds is 4. The summed E-state index contributed by atoms with van der Waals surface area (Å²) >= 11 is 1.84. The number of anilines is 1. The van der Waals surface area contributed by atoms with E-state index in [0.29, 0.717) is 5.92 Å². The highest BCUT2D eigenvalue weighted by Crippen LogP contribution is 2.37. The Morgan fingerprint density at radius 3 is 2.25 bits per heavy atom. The lowest BCUT2D eigenvalue weighted by molar-refractivity contribution is -0.191. The van der Waals surface area contributed by atoms with Crippen LogP contribution in [0.3, 0.4) is 0 Å². The van der Waals surface area contributed by atoms with Crippen LogP contribution in [0.2, 0.25) is 0 Å². The smallest absolute Gasteiger partial charge is 0.373 e. The lowest BCUT2D eigenvalue weighted by Gasteiger charge is -2.20. The molecule has 3 nitrogen and oxygen atoms in total. The standard InChI is InChI=1S/C15H25NS.CO2/c1-6-7-11(2)12-8-9-14(13(16)10-12)17-15(3,4)5;2-1-3/h8-11H,6-7,16H2,1-5H3;. The van der Waals surface area contributed by atoms with Gasteiger partial charge in [-0.3, -0.25) is 0 Å². The van der Waals surface area contributed by atoms with Crippen molar-refractivity contribution < 1.29 is 9.59 Å². The van der Waals surface area contributed by atoms with E-state index in [1.165, 1.54) is 23.3 Å². The van der Waals surface area contributed by atoms with Crippen molar-refractivity contribution in [1.29, 1.82) is 0 Å². The molecule has 1 aromatic carbocycles. The van der Waals surface area contributed by atoms with E-state index < -0.39 is 0 Å². The number of thioether (sulfide) groups is 1. The second-order valence-corrected chi connectivity index (χ2v) is 7.65. The Morgan fingerprint density at radius 2 is 1.85 bits per heavy atom. The summed E-state index contributed by atoms with van der Waals surface area (Å²) < 4.78 is 0.213. The molecule has 1 unspecified atom stereocenters. The van der Waals surface area contributed by atoms with Gasteiger partial charge in [-0.2, -0.15) is 9.59 Å². The average Bonchev–Trinajstić information content (AvgIpc) is 2.31. The predicted molar refractivity (Wildman–Crippen MR) is 84.8 cm³/mol. The summed E-state index contributed by atoms with van der Waals surface area (Å²) in [4.78, 5) is 17.4. The van der Waals surface area contributed by atoms with Crippen LogP contribution < -0.4 is 5.73 Å². The lowest BCUT2D eigenvalue weighted by Crippen LogP contribution is -2.08. The van der Waals surface area contributed by atoms with Gasteiger partial charge in [0, 0.05) is 15.3 Å². The molecule has 0 bridgehead atoms. The topological polar surface area (TPSA) is 60.2 Å². The van der Waals surface area contributed by atoms with Crippen LogP contribution >= 0.6 is 11.8 Å². The maximum absolute atomic E-state index is 8.12. The highest BCUT2D eigenvalue weighted by molar-refractivity contribution is 8.00. The molecule has 0 heterocycles. The van der Waals surface area contributed by atoms with Crippen molar-refractivity contribution in [3.05, 3.63) is 23.8 Å². The largest absolute Gasteiger partial charge is 0.398 e. The fourth-order valence-electron chi connectivity index (χ4n) is 1.90. The predicted octanol–water partition coefficient (Wildman–Crippen LogP) is 4.48. The SMILES string of the molecule is CCCC(C)c1ccc(SC(C)(C)C)c(N)c1.O=C=O. The first-order valence-electron chi connectivity index (χ1n) is 6.82. The first-order chi connectivity index (χ1) is 9.25. The molecule has 0 aliphatic carbocycles. The van der Waals surface area contributed by atoms with Gasteiger partial charge in [-0.25, -0.2) is 0 Å². The Hall–Kier alpha value is -1.25. The minimum atomic E-state index is 0.213. The molecule has 0 amide bonds. The van der Waals surface area contributed by atoms with Gasteiger partial charge in [-0.15, -0.1) is 11.8 Å². The molecule has 0 aliphatic rings. The van der Waals surface area contributed by atoms with E-state index in [2.05, 4.69) is 52.8 Å². The van der Waals surface area contributed by atoms with E-state index >= 15 is 0 Å². The van der Waals surface area contributed by atoms with Crippen LogP contribution in [0.5, 0.6) is 0 Å². The van der Waals surface area contributed by atoms with E-state index in [1.807, 2.05) is 11.8 Å². The fourth-order valence-corrected chi connectivity index (χ4v) is 2.87. The molecule has 0 aliphatic heterocycles. The third-order valence-corrected chi connectivity index (χ3v) is 3.94. The van der Waals surface area contributed by atoms with Gasteiger partial charge in [0.15, 0.2) is 0 Å². The zero-order valence-electron chi connectivity index (χ0n) is 13.0. The molecule has 0 radical (unpaired) electrons. The highest BCUT2D eigenvalue weighted by atomic mass is 32.2. The van der Waals surface area contributed by atoms with Crippen LogP contribution in [-0.2, 0) is 9.59 Å². The van der Waals surface area contributed by atoms with E-state index in [9.17, 15) is 0 Å². The first-order valence-corrected chi connectivity index (χ1v) is 7.64. The molecule has 0 spiro atoms. The van der Waals surface area contributed by atoms with Crippen LogP contribution in [0.1, 0.15) is 58.9 Å². The van der Waals surface area contributed by atoms with Gasteiger partial charge in [0.05, 0.1) is 0 Å². The molecular weight excluding hydrogens is 270 g/mol. The average molecular weight is 295 g/mol. The van der Waals surface area contributed by atoms with Crippen molar-refractivity contribution >= 4 is 23.6 Å². The molecule has 0 saturated heterocycles. The van der Waals surface area contributed by atoms with E-state index in [1.54, 1.807) is 0 Å². The second-order valence-electron chi connectivity index (χ2n) is 5.78. The van der Waals surface area contributed by atoms with Crippen molar-refractivity contribution in [2.45, 2.75) is 63.0 Å². The molecule has 0 saturated carbocycles. The Balaban J connectivity index is 0.00000110. The summed E-state index contributed by atoms with van der Waals surface area (Å²) in [5, 5.41) is 0. The number of nitrogens with two attached hydrogens (primary N) is 1. The van der Waals surface area contributed by atoms with Crippen LogP contribution in [0.4, 0.5) is 5.69 Å². The van der Waals surface area contributed by atoms with Gasteiger partial charge in [0.2, 0.25) is 0 Å². The monoisotopic (exact) mass is 295 g/mol. The molecule has 112 valence electrons. The summed E-state index contributed by atoms with van der Waals surface area (Å²) in [6, 6.07) is 6.55. The van der Waals surface area contributed by atoms with Gasteiger partial charge >= 0.3 is 6.15 Å². The Kier molecular flexibility index (Phi) is 8.28. The molecule has 20 heavy (non-hydrogen) atoms. The molecule has 1 atom stereocenters. The number of hydrogen-bond acceptors (Lipinski definition) is 4. The first kappa shape index (κ1) is 18.8. The molecule has 1 aromatic rings. The molecular formula is C16H25NO2S. The lowest BCUT2D eigenvalue weighted by atomic mass is 9.96. The molecule has 0 aromatic heterocycles. The summed E-state index contributed by atoms with van der Waals surface area (Å²) in [5.74, 6) is 0.607. The van der Waals surface area contributed by atoms with Gasteiger partial charge in [0.25, 0.3) is 0 Å². The summed E-state index contributed by atoms with van der Waals surface area (Å²) in [6.07, 6.45) is 2.70. The normalized spacial score (nSPS) is 12.1. The zero-order chi connectivity index (χ0) is 15.8. The fraction of sp³-hybridized carbons (Fsp3) is 0.562. The number of nitrogen functional groups attached to an aromatic ring is 1. The molecule has 0 fully saturated rings. The van der Waals surface area contributed by atoms with Gasteiger partial charge in [-0.05, 0) is 30.0 Å². The summed E-state index contributed by atoms with van der Waals surface area (Å²) in [6.45, 7) is 11.1. The minimum Gasteiger partial charge on any atom is -0.398 e. The Morgan fingerprint density at radius 1 is 1.30 bits per heavy atom. The second kappa shape index (κ2) is 8.83. The molecule has 2 N–H and O–H groups in total. The minimum absolute atomic E-state index is 0.213. The van der Waals surface area contributed by atoms with Crippen LogP contribution in [0.25, 0.3) is 0 Å². The van der Waals surface area contributed by atoms with Crippen LogP contribution in [0, 0.1) is 0 Å². The molecule has 1 rings (SSSR count). The summed E-state index contributed by atoms with van der Waals surface area (Å²) in [7, 11) is 0.